The van der Waals surface area contributed by atoms with Crippen molar-refractivity contribution in [2.24, 2.45) is 33.5 Å². The highest BCUT2D eigenvalue weighted by Crippen LogP contribution is 2.74. The number of benzene rings is 2. The summed E-state index contributed by atoms with van der Waals surface area (Å²) < 4.78 is 29.8. The Kier molecular flexibility index (Phi) is 6.78. The van der Waals surface area contributed by atoms with Crippen LogP contribution in [0.5, 0.6) is 0 Å². The molecule has 0 aromatic heterocycles. The molecular formula is C34H49NO3P+. The molecular weight excluding hydrogens is 501 g/mol. The molecule has 0 unspecified atom stereocenters. The quantitative estimate of drug-likeness (QED) is 0.321. The maximum absolute atomic E-state index is 15.6. The Labute approximate surface area is 236 Å². The van der Waals surface area contributed by atoms with Crippen LogP contribution in [0, 0.1) is 33.5 Å². The second-order valence-corrected chi connectivity index (χ2v) is 16.8. The summed E-state index contributed by atoms with van der Waals surface area (Å²) in [4.78, 5) is 0. The molecule has 0 heterocycles. The van der Waals surface area contributed by atoms with Gasteiger partial charge in [-0.1, -0.05) is 102 Å². The summed E-state index contributed by atoms with van der Waals surface area (Å²) in [5, 5.41) is 2.22. The average molecular weight is 551 g/mol. The van der Waals surface area contributed by atoms with Gasteiger partial charge in [0, 0.05) is 11.1 Å². The van der Waals surface area contributed by atoms with Gasteiger partial charge in [-0.05, 0) is 72.0 Å². The highest BCUT2D eigenvalue weighted by atomic mass is 31.2. The summed E-state index contributed by atoms with van der Waals surface area (Å²) in [5.74, 6) is 0.822. The molecule has 0 aliphatic heterocycles. The predicted octanol–water partition coefficient (Wildman–Crippen LogP) is 8.10. The summed E-state index contributed by atoms with van der Waals surface area (Å²) in [6.45, 7) is 15.1. The maximum Gasteiger partial charge on any atom is 0.392 e. The van der Waals surface area contributed by atoms with Crippen molar-refractivity contribution >= 4 is 7.60 Å². The van der Waals surface area contributed by atoms with E-state index in [1.165, 1.54) is 18.4 Å². The summed E-state index contributed by atoms with van der Waals surface area (Å²) in [7, 11) is -3.60. The zero-order valence-corrected chi connectivity index (χ0v) is 25.8. The van der Waals surface area contributed by atoms with E-state index in [0.29, 0.717) is 11.8 Å². The van der Waals surface area contributed by atoms with Crippen molar-refractivity contribution in [3.8, 4) is 0 Å². The second kappa shape index (κ2) is 9.55. The van der Waals surface area contributed by atoms with Gasteiger partial charge in [-0.15, -0.1) is 0 Å². The van der Waals surface area contributed by atoms with E-state index in [4.69, 9.17) is 9.05 Å². The molecule has 5 heteroatoms. The first kappa shape index (κ1) is 27.7. The Morgan fingerprint density at radius 3 is 1.64 bits per heavy atom. The molecule has 7 atom stereocenters. The Morgan fingerprint density at radius 2 is 1.23 bits per heavy atom. The monoisotopic (exact) mass is 550 g/mol. The van der Waals surface area contributed by atoms with Crippen LogP contribution in [0.1, 0.15) is 97.0 Å². The first-order valence-electron chi connectivity index (χ1n) is 15.3. The van der Waals surface area contributed by atoms with Gasteiger partial charge in [0.2, 0.25) is 5.78 Å². The SMILES string of the molecule is CC1(C)[C@@H]2CC[C@@]1(C)[C@H](OP(=O)(O[C@@H]1C[C@H]3CC[C@]1(C)C3(C)C)[C@@H]([NH2+]Cc1ccccc1)c1ccccc1)C2. The molecule has 4 aliphatic rings. The fourth-order valence-electron chi connectivity index (χ4n) is 9.05. The van der Waals surface area contributed by atoms with Gasteiger partial charge in [0.15, 0.2) is 0 Å². The zero-order valence-electron chi connectivity index (χ0n) is 24.9. The van der Waals surface area contributed by atoms with Crippen LogP contribution in [0.25, 0.3) is 0 Å². The Balaban J connectivity index is 1.38. The van der Waals surface area contributed by atoms with E-state index in [2.05, 4.69) is 83.3 Å². The van der Waals surface area contributed by atoms with Gasteiger partial charge < -0.3 is 14.4 Å². The molecule has 39 heavy (non-hydrogen) atoms. The fourth-order valence-corrected chi connectivity index (χ4v) is 11.6. The molecule has 2 aromatic rings. The van der Waals surface area contributed by atoms with Crippen molar-refractivity contribution in [3.05, 3.63) is 71.8 Å². The number of hydrogen-bond donors (Lipinski definition) is 1. The van der Waals surface area contributed by atoms with Gasteiger partial charge >= 0.3 is 7.60 Å². The Morgan fingerprint density at radius 1 is 0.769 bits per heavy atom. The van der Waals surface area contributed by atoms with Crippen LogP contribution < -0.4 is 5.32 Å². The van der Waals surface area contributed by atoms with Crippen LogP contribution in [0.3, 0.4) is 0 Å². The van der Waals surface area contributed by atoms with Gasteiger partial charge in [-0.25, -0.2) is 0 Å². The summed E-state index contributed by atoms with van der Waals surface area (Å²) in [6.07, 6.45) is 6.62. The van der Waals surface area contributed by atoms with E-state index in [0.717, 1.165) is 37.8 Å². The molecule has 2 aromatic carbocycles. The van der Waals surface area contributed by atoms with E-state index in [1.54, 1.807) is 0 Å². The highest BCUT2D eigenvalue weighted by molar-refractivity contribution is 7.54. The number of fused-ring (bicyclic) bond motifs is 4. The van der Waals surface area contributed by atoms with Crippen LogP contribution >= 0.6 is 7.60 Å². The van der Waals surface area contributed by atoms with Crippen LogP contribution in [0.2, 0.25) is 0 Å². The topological polar surface area (TPSA) is 52.1 Å². The van der Waals surface area contributed by atoms with E-state index >= 15 is 4.57 Å². The molecule has 0 radical (unpaired) electrons. The molecule has 4 fully saturated rings. The smallest absolute Gasteiger partial charge is 0.326 e. The van der Waals surface area contributed by atoms with Crippen molar-refractivity contribution in [1.82, 2.24) is 0 Å². The van der Waals surface area contributed by atoms with Crippen LogP contribution in [-0.4, -0.2) is 12.2 Å². The summed E-state index contributed by atoms with van der Waals surface area (Å²) >= 11 is 0. The number of quaternary nitrogens is 1. The van der Waals surface area contributed by atoms with Crippen LogP contribution in [0.15, 0.2) is 60.7 Å². The molecule has 0 saturated heterocycles. The van der Waals surface area contributed by atoms with Crippen LogP contribution in [-0.2, 0) is 20.2 Å². The number of rotatable bonds is 9. The third kappa shape index (κ3) is 4.23. The van der Waals surface area contributed by atoms with E-state index in [1.807, 2.05) is 24.3 Å². The van der Waals surface area contributed by atoms with E-state index in [9.17, 15) is 0 Å². The van der Waals surface area contributed by atoms with Crippen molar-refractivity contribution < 1.29 is 18.9 Å². The molecule has 0 spiro atoms. The molecule has 4 saturated carbocycles. The Bertz CT molecular complexity index is 1180. The van der Waals surface area contributed by atoms with Crippen molar-refractivity contribution in [3.63, 3.8) is 0 Å². The number of nitrogens with two attached hydrogens (primary N) is 1. The third-order valence-electron chi connectivity index (χ3n) is 12.9. The van der Waals surface area contributed by atoms with Gasteiger partial charge in [-0.3, -0.25) is 4.57 Å². The summed E-state index contributed by atoms with van der Waals surface area (Å²) in [6, 6.07) is 20.8. The van der Waals surface area contributed by atoms with Gasteiger partial charge in [0.25, 0.3) is 0 Å². The maximum atomic E-state index is 15.6. The summed E-state index contributed by atoms with van der Waals surface area (Å²) in [5.41, 5.74) is 2.62. The first-order chi connectivity index (χ1) is 18.4. The lowest BCUT2D eigenvalue weighted by Crippen LogP contribution is -2.83. The number of hydrogen-bond acceptors (Lipinski definition) is 3. The molecule has 6 rings (SSSR count). The predicted molar refractivity (Wildman–Crippen MR) is 157 cm³/mol. The molecule has 4 nitrogen and oxygen atoms in total. The lowest BCUT2D eigenvalue weighted by atomic mass is 9.70. The largest absolute Gasteiger partial charge is 0.392 e. The van der Waals surface area contributed by atoms with E-state index in [-0.39, 0.29) is 33.9 Å². The molecule has 2 N–H and O–H groups in total. The van der Waals surface area contributed by atoms with Crippen molar-refractivity contribution in [2.75, 3.05) is 0 Å². The highest BCUT2D eigenvalue weighted by Gasteiger charge is 2.66. The molecule has 4 aliphatic carbocycles. The Hall–Kier alpha value is -1.45. The van der Waals surface area contributed by atoms with Gasteiger partial charge in [0.05, 0.1) is 12.2 Å². The third-order valence-corrected chi connectivity index (χ3v) is 15.2. The van der Waals surface area contributed by atoms with Gasteiger partial charge in [0.1, 0.15) is 6.54 Å². The normalized spacial score (nSPS) is 36.9. The van der Waals surface area contributed by atoms with Crippen LogP contribution in [0.4, 0.5) is 0 Å². The first-order valence-corrected chi connectivity index (χ1v) is 16.9. The fraction of sp³-hybridized carbons (Fsp3) is 0.647. The standard InChI is InChI=1S/C34H48NO3P/c1-31(2)26-17-19-33(31,5)28(21-26)37-39(36,38-29-22-27-18-20-34(29,6)32(27,3)4)30(25-15-11-8-12-16-25)35-23-24-13-9-7-10-14-24/h7-16,26-30,35H,17-23H2,1-6H3/p+1/t26-,27-,28-,29-,30-,33+,34+/m1/s1. The average Bonchev–Trinajstić information content (AvgIpc) is 3.42. The minimum atomic E-state index is -3.60. The van der Waals surface area contributed by atoms with Crippen molar-refractivity contribution in [2.45, 2.75) is 105 Å². The molecule has 212 valence electrons. The molecule has 0 amide bonds. The lowest BCUT2D eigenvalue weighted by Gasteiger charge is -2.43. The zero-order chi connectivity index (χ0) is 27.7. The lowest BCUT2D eigenvalue weighted by molar-refractivity contribution is -0.693. The molecule has 4 bridgehead atoms. The minimum absolute atomic E-state index is 0.00914. The van der Waals surface area contributed by atoms with Gasteiger partial charge in [-0.2, -0.15) is 0 Å². The van der Waals surface area contributed by atoms with E-state index < -0.39 is 13.4 Å². The van der Waals surface area contributed by atoms with Crippen molar-refractivity contribution in [1.29, 1.82) is 0 Å². The second-order valence-electron chi connectivity index (χ2n) is 14.7. The minimum Gasteiger partial charge on any atom is -0.326 e.